The van der Waals surface area contributed by atoms with E-state index in [1.54, 1.807) is 31.3 Å². The van der Waals surface area contributed by atoms with Crippen molar-refractivity contribution in [3.8, 4) is 17.8 Å². The van der Waals surface area contributed by atoms with E-state index in [9.17, 15) is 10.1 Å². The number of nitrogens with two attached hydrogens (primary N) is 1. The van der Waals surface area contributed by atoms with E-state index in [4.69, 9.17) is 10.5 Å². The maximum atomic E-state index is 13.3. The highest BCUT2D eigenvalue weighted by Gasteiger charge is 2.58. The highest BCUT2D eigenvalue weighted by Crippen LogP contribution is 2.54. The molecule has 1 unspecified atom stereocenters. The van der Waals surface area contributed by atoms with Crippen LogP contribution in [0.5, 0.6) is 5.88 Å². The van der Waals surface area contributed by atoms with Gasteiger partial charge in [-0.1, -0.05) is 24.3 Å². The molecule has 4 heterocycles. The molecule has 2 aromatic heterocycles. The van der Waals surface area contributed by atoms with Gasteiger partial charge >= 0.3 is 0 Å². The lowest BCUT2D eigenvalue weighted by molar-refractivity contribution is -0.118. The van der Waals surface area contributed by atoms with Gasteiger partial charge in [0.25, 0.3) is 0 Å². The van der Waals surface area contributed by atoms with E-state index in [1.165, 1.54) is 4.68 Å². The number of nitrogens with zero attached hydrogens (tertiary/aromatic N) is 4. The fraction of sp³-hybridized carbons (Fsp3) is 0.100. The molecule has 1 spiro atoms. The van der Waals surface area contributed by atoms with Crippen LogP contribution in [0.4, 0.5) is 5.69 Å². The fourth-order valence-corrected chi connectivity index (χ4v) is 4.02. The van der Waals surface area contributed by atoms with Crippen molar-refractivity contribution in [3.05, 3.63) is 76.9 Å². The van der Waals surface area contributed by atoms with Crippen molar-refractivity contribution in [1.82, 2.24) is 14.8 Å². The van der Waals surface area contributed by atoms with Crippen molar-refractivity contribution >= 4 is 11.6 Å². The lowest BCUT2D eigenvalue weighted by Crippen LogP contribution is -2.42. The Morgan fingerprint density at radius 2 is 2.04 bits per heavy atom. The first kappa shape index (κ1) is 16.1. The van der Waals surface area contributed by atoms with Gasteiger partial charge in [0.05, 0.1) is 11.3 Å². The van der Waals surface area contributed by atoms with Crippen LogP contribution in [0.2, 0.25) is 0 Å². The zero-order valence-corrected chi connectivity index (χ0v) is 14.8. The molecule has 0 fully saturated rings. The predicted molar refractivity (Wildman–Crippen MR) is 99.4 cm³/mol. The van der Waals surface area contributed by atoms with Gasteiger partial charge in [-0.05, 0) is 25.1 Å². The maximum absolute atomic E-state index is 13.3. The summed E-state index contributed by atoms with van der Waals surface area (Å²) in [6, 6.07) is 14.7. The second-order valence-corrected chi connectivity index (χ2v) is 6.57. The van der Waals surface area contributed by atoms with E-state index in [-0.39, 0.29) is 23.2 Å². The first-order valence-electron chi connectivity index (χ1n) is 8.59. The summed E-state index contributed by atoms with van der Waals surface area (Å²) in [5, 5.41) is 17.3. The number of carbonyl (C=O) groups excluding carboxylic acids is 1. The van der Waals surface area contributed by atoms with Gasteiger partial charge in [-0.3, -0.25) is 4.79 Å². The molecule has 3 aromatic rings. The Bertz CT molecular complexity index is 1220. The van der Waals surface area contributed by atoms with Crippen molar-refractivity contribution in [2.24, 2.45) is 5.73 Å². The number of aryl methyl sites for hydroxylation is 1. The van der Waals surface area contributed by atoms with Crippen molar-refractivity contribution in [2.45, 2.75) is 12.3 Å². The molecule has 0 saturated heterocycles. The highest BCUT2D eigenvalue weighted by molar-refractivity contribution is 6.12. The van der Waals surface area contributed by atoms with Crippen LogP contribution in [0.1, 0.15) is 16.8 Å². The zero-order valence-electron chi connectivity index (χ0n) is 14.8. The molecular formula is C20H14N6O2. The minimum atomic E-state index is -1.42. The van der Waals surface area contributed by atoms with Gasteiger partial charge < -0.3 is 15.8 Å². The summed E-state index contributed by atoms with van der Waals surface area (Å²) in [7, 11) is 0. The summed E-state index contributed by atoms with van der Waals surface area (Å²) < 4.78 is 7.31. The summed E-state index contributed by atoms with van der Waals surface area (Å²) >= 11 is 0. The lowest BCUT2D eigenvalue weighted by Gasteiger charge is -2.32. The molecule has 5 rings (SSSR count). The third-order valence-corrected chi connectivity index (χ3v) is 5.12. The number of rotatable bonds is 1. The van der Waals surface area contributed by atoms with Crippen LogP contribution in [0.15, 0.2) is 60.1 Å². The molecule has 0 aliphatic carbocycles. The molecule has 2 aliphatic rings. The largest absolute Gasteiger partial charge is 0.422 e. The van der Waals surface area contributed by atoms with Crippen molar-refractivity contribution < 1.29 is 9.53 Å². The van der Waals surface area contributed by atoms with Gasteiger partial charge in [-0.15, -0.1) is 0 Å². The molecule has 28 heavy (non-hydrogen) atoms. The first-order valence-corrected chi connectivity index (χ1v) is 8.59. The topological polar surface area (TPSA) is 119 Å². The number of hydrogen-bond acceptors (Lipinski definition) is 6. The van der Waals surface area contributed by atoms with E-state index in [2.05, 4.69) is 21.5 Å². The normalized spacial score (nSPS) is 19.6. The predicted octanol–water partition coefficient (Wildman–Crippen LogP) is 1.90. The van der Waals surface area contributed by atoms with Crippen LogP contribution in [-0.2, 0) is 10.2 Å². The third-order valence-electron chi connectivity index (χ3n) is 5.12. The van der Waals surface area contributed by atoms with E-state index < -0.39 is 5.41 Å². The molecule has 0 bridgehead atoms. The number of ether oxygens (including phenoxy) is 1. The number of amides is 1. The summed E-state index contributed by atoms with van der Waals surface area (Å²) in [5.74, 6) is 0.307. The minimum Gasteiger partial charge on any atom is -0.422 e. The molecule has 8 nitrogen and oxygen atoms in total. The zero-order chi connectivity index (χ0) is 19.5. The standard InChI is InChI=1S/C20H14N6O2/c1-11-16-18(26(25-11)15-8-4-5-9-23-15)28-17(22)13(10-21)20(16)12-6-2-3-7-14(12)24-19(20)27/h2-9H,22H2,1H3,(H,24,27). The van der Waals surface area contributed by atoms with E-state index >= 15 is 0 Å². The van der Waals surface area contributed by atoms with Crippen LogP contribution in [-0.4, -0.2) is 20.7 Å². The average Bonchev–Trinajstić information content (AvgIpc) is 3.18. The molecule has 1 atom stereocenters. The number of pyridine rings is 1. The van der Waals surface area contributed by atoms with Crippen LogP contribution in [0, 0.1) is 18.3 Å². The van der Waals surface area contributed by atoms with Crippen LogP contribution < -0.4 is 15.8 Å². The van der Waals surface area contributed by atoms with Gasteiger partial charge in [0.15, 0.2) is 5.82 Å². The smallest absolute Gasteiger partial charge is 0.245 e. The number of anilines is 1. The molecule has 136 valence electrons. The average molecular weight is 370 g/mol. The van der Waals surface area contributed by atoms with E-state index in [0.717, 1.165) is 0 Å². The molecule has 2 aliphatic heterocycles. The number of nitrogens with one attached hydrogen (secondary N) is 1. The fourth-order valence-electron chi connectivity index (χ4n) is 4.02. The number of nitriles is 1. The monoisotopic (exact) mass is 370 g/mol. The summed E-state index contributed by atoms with van der Waals surface area (Å²) in [6.45, 7) is 1.77. The summed E-state index contributed by atoms with van der Waals surface area (Å²) in [4.78, 5) is 17.6. The lowest BCUT2D eigenvalue weighted by atomic mass is 9.69. The number of carbonyl (C=O) groups is 1. The van der Waals surface area contributed by atoms with Crippen molar-refractivity contribution in [2.75, 3.05) is 5.32 Å². The molecule has 0 radical (unpaired) electrons. The third kappa shape index (κ3) is 1.80. The van der Waals surface area contributed by atoms with Crippen LogP contribution >= 0.6 is 0 Å². The molecule has 8 heteroatoms. The molecule has 3 N–H and O–H groups in total. The summed E-state index contributed by atoms with van der Waals surface area (Å²) in [6.07, 6.45) is 1.63. The second-order valence-electron chi connectivity index (χ2n) is 6.57. The SMILES string of the molecule is Cc1nn(-c2ccccn2)c2c1C1(C(=O)Nc3ccccc31)C(C#N)=C(N)O2. The maximum Gasteiger partial charge on any atom is 0.245 e. The minimum absolute atomic E-state index is 0.0473. The van der Waals surface area contributed by atoms with Crippen LogP contribution in [0.25, 0.3) is 5.82 Å². The van der Waals surface area contributed by atoms with Crippen molar-refractivity contribution in [3.63, 3.8) is 0 Å². The van der Waals surface area contributed by atoms with E-state index in [1.807, 2.05) is 24.3 Å². The highest BCUT2D eigenvalue weighted by atomic mass is 16.5. The number of hydrogen-bond donors (Lipinski definition) is 2. The second kappa shape index (κ2) is 5.44. The number of para-hydroxylation sites is 1. The summed E-state index contributed by atoms with van der Waals surface area (Å²) in [5.41, 5.74) is 7.08. The van der Waals surface area contributed by atoms with Crippen LogP contribution in [0.3, 0.4) is 0 Å². The van der Waals surface area contributed by atoms with Gasteiger partial charge in [0, 0.05) is 17.4 Å². The van der Waals surface area contributed by atoms with E-state index in [0.29, 0.717) is 28.3 Å². The number of fused-ring (bicyclic) bond motifs is 4. The molecule has 1 aromatic carbocycles. The number of benzene rings is 1. The Labute approximate surface area is 159 Å². The molecular weight excluding hydrogens is 356 g/mol. The van der Waals surface area contributed by atoms with Gasteiger partial charge in [-0.2, -0.15) is 15.0 Å². The molecule has 0 saturated carbocycles. The Morgan fingerprint density at radius 1 is 1.25 bits per heavy atom. The van der Waals surface area contributed by atoms with Gasteiger partial charge in [0.2, 0.25) is 17.7 Å². The number of aromatic nitrogens is 3. The Kier molecular flexibility index (Phi) is 3.12. The van der Waals surface area contributed by atoms with Gasteiger partial charge in [-0.25, -0.2) is 4.98 Å². The Balaban J connectivity index is 1.90. The first-order chi connectivity index (χ1) is 13.6. The Hall–Kier alpha value is -4.12. The Morgan fingerprint density at radius 3 is 2.79 bits per heavy atom. The quantitative estimate of drug-likeness (QED) is 0.675. The molecule has 1 amide bonds. The van der Waals surface area contributed by atoms with Crippen molar-refractivity contribution in [1.29, 1.82) is 5.26 Å². The van der Waals surface area contributed by atoms with Gasteiger partial charge in [0.1, 0.15) is 17.1 Å².